The molecule has 0 aromatic heterocycles. The number of fused-ring (bicyclic) bond motifs is 1. The lowest BCUT2D eigenvalue weighted by atomic mass is 9.72. The van der Waals surface area contributed by atoms with Crippen molar-refractivity contribution in [1.82, 2.24) is 0 Å². The van der Waals surface area contributed by atoms with Crippen molar-refractivity contribution in [2.24, 2.45) is 0 Å². The number of benzene rings is 2. The van der Waals surface area contributed by atoms with E-state index in [9.17, 15) is 9.18 Å². The molecule has 1 aliphatic heterocycles. The first-order chi connectivity index (χ1) is 11.1. The van der Waals surface area contributed by atoms with E-state index in [2.05, 4.69) is 6.58 Å². The van der Waals surface area contributed by atoms with Gasteiger partial charge >= 0.3 is 0 Å². The van der Waals surface area contributed by atoms with Crippen LogP contribution in [0.5, 0.6) is 5.75 Å². The number of methoxy groups -OCH3 is 1. The van der Waals surface area contributed by atoms with Gasteiger partial charge in [0.25, 0.3) is 0 Å². The molecule has 0 aliphatic carbocycles. The first kappa shape index (κ1) is 15.3. The summed E-state index contributed by atoms with van der Waals surface area (Å²) in [7, 11) is 3.28. The summed E-state index contributed by atoms with van der Waals surface area (Å²) in [5, 5.41) is 0. The van der Waals surface area contributed by atoms with E-state index in [0.29, 0.717) is 17.7 Å². The van der Waals surface area contributed by atoms with Gasteiger partial charge in [0.05, 0.1) is 7.11 Å². The number of halogens is 1. The van der Waals surface area contributed by atoms with E-state index in [1.165, 1.54) is 6.07 Å². The van der Waals surface area contributed by atoms with Crippen molar-refractivity contribution in [3.63, 3.8) is 0 Å². The number of anilines is 1. The zero-order valence-electron chi connectivity index (χ0n) is 13.2. The van der Waals surface area contributed by atoms with E-state index in [1.807, 2.05) is 12.1 Å². The summed E-state index contributed by atoms with van der Waals surface area (Å²) >= 11 is 0. The second-order valence-electron chi connectivity index (χ2n) is 5.63. The first-order valence-corrected chi connectivity index (χ1v) is 7.39. The number of amides is 1. The second-order valence-corrected chi connectivity index (χ2v) is 5.63. The molecule has 2 aromatic rings. The van der Waals surface area contributed by atoms with Crippen LogP contribution in [0.25, 0.3) is 0 Å². The maximum atomic E-state index is 14.6. The molecule has 0 N–H and O–H groups in total. The lowest BCUT2D eigenvalue weighted by Gasteiger charge is -2.28. The maximum Gasteiger partial charge on any atom is 0.242 e. The molecule has 0 saturated carbocycles. The number of likely N-dealkylation sites (N-methyl/N-ethyl adjacent to an activating group) is 1. The Hall–Kier alpha value is -2.62. The number of hydrogen-bond donors (Lipinski definition) is 0. The van der Waals surface area contributed by atoms with Gasteiger partial charge in [0.1, 0.15) is 17.0 Å². The zero-order valence-corrected chi connectivity index (χ0v) is 13.2. The lowest BCUT2D eigenvalue weighted by Crippen LogP contribution is -2.40. The van der Waals surface area contributed by atoms with Gasteiger partial charge in [-0.2, -0.15) is 0 Å². The summed E-state index contributed by atoms with van der Waals surface area (Å²) in [5.41, 5.74) is 0.769. The molecule has 2 aromatic carbocycles. The number of nitrogens with zero attached hydrogens (tertiary/aromatic N) is 1. The van der Waals surface area contributed by atoms with Gasteiger partial charge in [-0.05, 0) is 36.2 Å². The third-order valence-electron chi connectivity index (χ3n) is 4.48. The third kappa shape index (κ3) is 2.05. The van der Waals surface area contributed by atoms with Crippen molar-refractivity contribution < 1.29 is 13.9 Å². The average molecular weight is 311 g/mol. The van der Waals surface area contributed by atoms with Crippen LogP contribution in [0.2, 0.25) is 0 Å². The Balaban J connectivity index is 2.36. The fourth-order valence-corrected chi connectivity index (χ4v) is 3.38. The van der Waals surface area contributed by atoms with Gasteiger partial charge < -0.3 is 9.64 Å². The van der Waals surface area contributed by atoms with Crippen LogP contribution >= 0.6 is 0 Å². The SMILES string of the molecule is C=CC[C@]1(c2ccccc2F)C(=O)N(C)c2ccc(OC)cc21. The van der Waals surface area contributed by atoms with E-state index in [0.717, 1.165) is 11.3 Å². The summed E-state index contributed by atoms with van der Waals surface area (Å²) in [6, 6.07) is 11.9. The molecular weight excluding hydrogens is 293 g/mol. The van der Waals surface area contributed by atoms with Crippen LogP contribution in [-0.4, -0.2) is 20.1 Å². The normalized spacial score (nSPS) is 19.6. The van der Waals surface area contributed by atoms with Crippen LogP contribution < -0.4 is 9.64 Å². The number of ether oxygens (including phenoxy) is 1. The number of carbonyl (C=O) groups excluding carboxylic acids is 1. The number of carbonyl (C=O) groups is 1. The molecule has 0 unspecified atom stereocenters. The fraction of sp³-hybridized carbons (Fsp3) is 0.211. The Kier molecular flexibility index (Phi) is 3.68. The molecule has 1 atom stereocenters. The molecule has 118 valence electrons. The molecule has 1 amide bonds. The Bertz CT molecular complexity index is 787. The monoisotopic (exact) mass is 311 g/mol. The highest BCUT2D eigenvalue weighted by Gasteiger charge is 2.51. The number of hydrogen-bond acceptors (Lipinski definition) is 2. The highest BCUT2D eigenvalue weighted by molar-refractivity contribution is 6.10. The Morgan fingerprint density at radius 3 is 2.65 bits per heavy atom. The molecule has 3 rings (SSSR count). The van der Waals surface area contributed by atoms with Crippen molar-refractivity contribution in [3.05, 3.63) is 72.1 Å². The lowest BCUT2D eigenvalue weighted by molar-refractivity contribution is -0.121. The van der Waals surface area contributed by atoms with Crippen molar-refractivity contribution in [3.8, 4) is 5.75 Å². The number of rotatable bonds is 4. The van der Waals surface area contributed by atoms with Crippen molar-refractivity contribution >= 4 is 11.6 Å². The molecule has 0 saturated heterocycles. The minimum atomic E-state index is -1.11. The van der Waals surface area contributed by atoms with Gasteiger partial charge in [-0.1, -0.05) is 24.3 Å². The van der Waals surface area contributed by atoms with Gasteiger partial charge in [-0.3, -0.25) is 4.79 Å². The van der Waals surface area contributed by atoms with Gasteiger partial charge in [-0.25, -0.2) is 4.39 Å². The van der Waals surface area contributed by atoms with Crippen LogP contribution in [0.1, 0.15) is 17.5 Å². The molecular formula is C19H18FNO2. The minimum absolute atomic E-state index is 0.161. The van der Waals surface area contributed by atoms with Crippen LogP contribution in [0.4, 0.5) is 10.1 Å². The zero-order chi connectivity index (χ0) is 16.6. The van der Waals surface area contributed by atoms with Crippen molar-refractivity contribution in [2.75, 3.05) is 19.1 Å². The summed E-state index contributed by atoms with van der Waals surface area (Å²) in [4.78, 5) is 14.7. The summed E-state index contributed by atoms with van der Waals surface area (Å²) in [6.45, 7) is 3.77. The van der Waals surface area contributed by atoms with Gasteiger partial charge in [0, 0.05) is 18.3 Å². The van der Waals surface area contributed by atoms with E-state index >= 15 is 0 Å². The minimum Gasteiger partial charge on any atom is -0.497 e. The Morgan fingerprint density at radius 2 is 2.00 bits per heavy atom. The summed E-state index contributed by atoms with van der Waals surface area (Å²) < 4.78 is 19.8. The second kappa shape index (κ2) is 5.54. The Morgan fingerprint density at radius 1 is 1.26 bits per heavy atom. The van der Waals surface area contributed by atoms with Crippen LogP contribution in [0, 0.1) is 5.82 Å². The summed E-state index contributed by atoms with van der Waals surface area (Å²) in [5.74, 6) is 0.0779. The molecule has 0 radical (unpaired) electrons. The average Bonchev–Trinajstić information content (AvgIpc) is 2.78. The van der Waals surface area contributed by atoms with Gasteiger partial charge in [0.15, 0.2) is 0 Å². The standard InChI is InChI=1S/C19H18FNO2/c1-4-11-19(14-7-5-6-8-16(14)20)15-12-13(23-3)9-10-17(15)21(2)18(19)22/h4-10,12H,1,11H2,2-3H3/t19-/m1/s1. The smallest absolute Gasteiger partial charge is 0.242 e. The van der Waals surface area contributed by atoms with Gasteiger partial charge in [-0.15, -0.1) is 6.58 Å². The van der Waals surface area contributed by atoms with E-state index in [1.54, 1.807) is 49.4 Å². The molecule has 1 heterocycles. The number of allylic oxidation sites excluding steroid dienone is 1. The fourth-order valence-electron chi connectivity index (χ4n) is 3.38. The Labute approximate surface area is 135 Å². The van der Waals surface area contributed by atoms with E-state index in [4.69, 9.17) is 4.74 Å². The maximum absolute atomic E-state index is 14.6. The predicted octanol–water partition coefficient (Wildman–Crippen LogP) is 3.67. The first-order valence-electron chi connectivity index (χ1n) is 7.39. The molecule has 23 heavy (non-hydrogen) atoms. The van der Waals surface area contributed by atoms with Crippen LogP contribution in [0.3, 0.4) is 0 Å². The highest BCUT2D eigenvalue weighted by Crippen LogP contribution is 2.49. The molecule has 0 spiro atoms. The molecule has 1 aliphatic rings. The predicted molar refractivity (Wildman–Crippen MR) is 88.4 cm³/mol. The molecule has 4 heteroatoms. The summed E-state index contributed by atoms with van der Waals surface area (Å²) in [6.07, 6.45) is 1.98. The van der Waals surface area contributed by atoms with E-state index in [-0.39, 0.29) is 5.91 Å². The molecule has 3 nitrogen and oxygen atoms in total. The molecule has 0 bridgehead atoms. The van der Waals surface area contributed by atoms with Crippen molar-refractivity contribution in [2.45, 2.75) is 11.8 Å². The van der Waals surface area contributed by atoms with Crippen LogP contribution in [0.15, 0.2) is 55.1 Å². The third-order valence-corrected chi connectivity index (χ3v) is 4.48. The van der Waals surface area contributed by atoms with Gasteiger partial charge in [0.2, 0.25) is 5.91 Å². The van der Waals surface area contributed by atoms with Crippen molar-refractivity contribution in [1.29, 1.82) is 0 Å². The quantitative estimate of drug-likeness (QED) is 0.806. The van der Waals surface area contributed by atoms with Crippen LogP contribution in [-0.2, 0) is 10.2 Å². The topological polar surface area (TPSA) is 29.5 Å². The largest absolute Gasteiger partial charge is 0.497 e. The van der Waals surface area contributed by atoms with E-state index < -0.39 is 11.2 Å². The molecule has 0 fully saturated rings. The highest BCUT2D eigenvalue weighted by atomic mass is 19.1.